The lowest BCUT2D eigenvalue weighted by Gasteiger charge is -2.23. The van der Waals surface area contributed by atoms with Crippen LogP contribution in [0.15, 0.2) is 36.4 Å². The number of carbonyl (C=O) groups excluding carboxylic acids is 1. The molecule has 5 rings (SSSR count). The van der Waals surface area contributed by atoms with Gasteiger partial charge in [-0.05, 0) is 49.1 Å². The predicted molar refractivity (Wildman–Crippen MR) is 116 cm³/mol. The van der Waals surface area contributed by atoms with Crippen LogP contribution in [0.4, 0.5) is 17.6 Å². The summed E-state index contributed by atoms with van der Waals surface area (Å²) in [5.74, 6) is -3.04. The van der Waals surface area contributed by atoms with Crippen LogP contribution in [0.3, 0.4) is 0 Å². The third-order valence-corrected chi connectivity index (χ3v) is 6.84. The second-order valence-corrected chi connectivity index (χ2v) is 8.94. The number of benzene rings is 2. The standard InChI is InChI=1S/C24H17ClF4N2O4/c25-16-3-1-2-15(23(7-8-23)24(27,28)29)19(16)21(32)31-18-11-35-9-6-14(18)20(30-31)13-5-4-12(22(33)34)10-17(13)26/h1-5,10H,6-9,11H2,(H,33,34). The quantitative estimate of drug-likeness (QED) is 0.478. The van der Waals surface area contributed by atoms with Crippen molar-refractivity contribution in [1.29, 1.82) is 0 Å². The van der Waals surface area contributed by atoms with Gasteiger partial charge in [-0.2, -0.15) is 23.0 Å². The Morgan fingerprint density at radius 3 is 2.54 bits per heavy atom. The molecule has 0 unspecified atom stereocenters. The molecule has 0 radical (unpaired) electrons. The monoisotopic (exact) mass is 508 g/mol. The van der Waals surface area contributed by atoms with E-state index >= 15 is 0 Å². The number of carboxylic acid groups (broad SMARTS) is 1. The van der Waals surface area contributed by atoms with Crippen molar-refractivity contribution in [2.75, 3.05) is 6.61 Å². The molecule has 2 heterocycles. The van der Waals surface area contributed by atoms with Crippen molar-refractivity contribution in [2.24, 2.45) is 0 Å². The van der Waals surface area contributed by atoms with Gasteiger partial charge in [0.25, 0.3) is 5.91 Å². The van der Waals surface area contributed by atoms with Crippen LogP contribution in [0, 0.1) is 5.82 Å². The molecule has 0 saturated heterocycles. The Labute approximate surface area is 201 Å². The Morgan fingerprint density at radius 1 is 1.17 bits per heavy atom. The van der Waals surface area contributed by atoms with E-state index in [0.29, 0.717) is 5.56 Å². The van der Waals surface area contributed by atoms with E-state index in [1.807, 2.05) is 0 Å². The van der Waals surface area contributed by atoms with Crippen LogP contribution in [0.2, 0.25) is 5.02 Å². The first-order valence-electron chi connectivity index (χ1n) is 10.7. The molecule has 0 bridgehead atoms. The molecule has 6 nitrogen and oxygen atoms in total. The zero-order valence-electron chi connectivity index (χ0n) is 18.0. The Bertz CT molecular complexity index is 1380. The van der Waals surface area contributed by atoms with E-state index in [1.165, 1.54) is 30.3 Å². The molecule has 0 spiro atoms. The number of rotatable bonds is 4. The maximum atomic E-state index is 14.8. The average Bonchev–Trinajstić information content (AvgIpc) is 3.55. The summed E-state index contributed by atoms with van der Waals surface area (Å²) < 4.78 is 63.0. The van der Waals surface area contributed by atoms with Gasteiger partial charge in [0.05, 0.1) is 46.2 Å². The van der Waals surface area contributed by atoms with Gasteiger partial charge in [-0.15, -0.1) is 0 Å². The van der Waals surface area contributed by atoms with Crippen molar-refractivity contribution in [3.63, 3.8) is 0 Å². The summed E-state index contributed by atoms with van der Waals surface area (Å²) in [4.78, 5) is 24.8. The second-order valence-electron chi connectivity index (χ2n) is 8.54. The molecule has 2 aliphatic rings. The molecule has 11 heteroatoms. The number of ether oxygens (including phenoxy) is 1. The number of carboxylic acids is 1. The average molecular weight is 509 g/mol. The summed E-state index contributed by atoms with van der Waals surface area (Å²) in [5.41, 5.74) is -2.12. The van der Waals surface area contributed by atoms with Crippen LogP contribution in [-0.2, 0) is 23.2 Å². The van der Waals surface area contributed by atoms with Crippen molar-refractivity contribution in [2.45, 2.75) is 37.5 Å². The predicted octanol–water partition coefficient (Wildman–Crippen LogP) is 5.40. The van der Waals surface area contributed by atoms with Crippen LogP contribution in [0.1, 0.15) is 50.4 Å². The Balaban J connectivity index is 1.66. The van der Waals surface area contributed by atoms with Crippen LogP contribution < -0.4 is 0 Å². The van der Waals surface area contributed by atoms with E-state index in [0.717, 1.165) is 10.7 Å². The number of nitrogens with zero attached hydrogens (tertiary/aromatic N) is 2. The number of aromatic carboxylic acids is 1. The van der Waals surface area contributed by atoms with E-state index in [9.17, 15) is 27.2 Å². The molecule has 1 saturated carbocycles. The summed E-state index contributed by atoms with van der Waals surface area (Å²) in [6.07, 6.45) is -4.62. The van der Waals surface area contributed by atoms with Gasteiger partial charge in [-0.1, -0.05) is 23.7 Å². The molecule has 3 aromatic rings. The first kappa shape index (κ1) is 23.5. The molecule has 1 aliphatic heterocycles. The first-order chi connectivity index (χ1) is 16.5. The number of carbonyl (C=O) groups is 2. The minimum absolute atomic E-state index is 0.0342. The number of halogens is 5. The van der Waals surface area contributed by atoms with E-state index < -0.39 is 29.3 Å². The highest BCUT2D eigenvalue weighted by atomic mass is 35.5. The van der Waals surface area contributed by atoms with Crippen molar-refractivity contribution >= 4 is 23.5 Å². The van der Waals surface area contributed by atoms with Crippen LogP contribution in [0.25, 0.3) is 11.3 Å². The van der Waals surface area contributed by atoms with Crippen LogP contribution in [-0.4, -0.2) is 39.5 Å². The fraction of sp³-hybridized carbons (Fsp3) is 0.292. The molecule has 35 heavy (non-hydrogen) atoms. The number of hydrogen-bond acceptors (Lipinski definition) is 4. The smallest absolute Gasteiger partial charge is 0.398 e. The molecule has 1 fully saturated rings. The van der Waals surface area contributed by atoms with Gasteiger partial charge in [-0.3, -0.25) is 4.79 Å². The van der Waals surface area contributed by atoms with Gasteiger partial charge >= 0.3 is 12.1 Å². The molecular weight excluding hydrogens is 492 g/mol. The third kappa shape index (κ3) is 3.71. The van der Waals surface area contributed by atoms with E-state index in [2.05, 4.69) is 5.10 Å². The van der Waals surface area contributed by atoms with Gasteiger partial charge in [0.2, 0.25) is 0 Å². The van der Waals surface area contributed by atoms with Gasteiger partial charge in [0.1, 0.15) is 5.82 Å². The molecule has 0 amide bonds. The lowest BCUT2D eigenvalue weighted by molar-refractivity contribution is -0.160. The summed E-state index contributed by atoms with van der Waals surface area (Å²) in [7, 11) is 0. The molecule has 1 N–H and O–H groups in total. The normalized spacial score (nSPS) is 16.6. The van der Waals surface area contributed by atoms with Crippen molar-refractivity contribution in [3.05, 3.63) is 75.2 Å². The molecular formula is C24H17ClF4N2O4. The maximum absolute atomic E-state index is 14.8. The van der Waals surface area contributed by atoms with Crippen LogP contribution in [0.5, 0.6) is 0 Å². The largest absolute Gasteiger partial charge is 0.478 e. The fourth-order valence-electron chi connectivity index (χ4n) is 4.54. The van der Waals surface area contributed by atoms with E-state index in [1.54, 1.807) is 0 Å². The lowest BCUT2D eigenvalue weighted by atomic mass is 9.90. The molecule has 182 valence electrons. The maximum Gasteiger partial charge on any atom is 0.398 e. The third-order valence-electron chi connectivity index (χ3n) is 6.52. The van der Waals surface area contributed by atoms with Gasteiger partial charge in [-0.25, -0.2) is 9.18 Å². The lowest BCUT2D eigenvalue weighted by Crippen LogP contribution is -2.32. The highest BCUT2D eigenvalue weighted by Crippen LogP contribution is 2.60. The molecule has 2 aromatic carbocycles. The summed E-state index contributed by atoms with van der Waals surface area (Å²) in [5, 5.41) is 13.2. The van der Waals surface area contributed by atoms with Gasteiger partial charge in [0.15, 0.2) is 0 Å². The number of alkyl halides is 3. The molecule has 1 aromatic heterocycles. The Kier molecular flexibility index (Phi) is 5.48. The second kappa shape index (κ2) is 8.17. The van der Waals surface area contributed by atoms with Crippen molar-refractivity contribution < 1.29 is 37.0 Å². The van der Waals surface area contributed by atoms with Crippen molar-refractivity contribution in [1.82, 2.24) is 9.78 Å². The zero-order chi connectivity index (χ0) is 25.1. The summed E-state index contributed by atoms with van der Waals surface area (Å²) in [6.45, 7) is 0.205. The van der Waals surface area contributed by atoms with E-state index in [4.69, 9.17) is 21.4 Å². The first-order valence-corrected chi connectivity index (χ1v) is 11.0. The minimum Gasteiger partial charge on any atom is -0.478 e. The topological polar surface area (TPSA) is 81.4 Å². The molecule has 0 atom stereocenters. The fourth-order valence-corrected chi connectivity index (χ4v) is 4.80. The van der Waals surface area contributed by atoms with Crippen molar-refractivity contribution in [3.8, 4) is 11.3 Å². The zero-order valence-corrected chi connectivity index (χ0v) is 18.7. The summed E-state index contributed by atoms with van der Waals surface area (Å²) >= 11 is 6.26. The van der Waals surface area contributed by atoms with E-state index in [-0.39, 0.29) is 71.1 Å². The van der Waals surface area contributed by atoms with Crippen LogP contribution >= 0.6 is 11.6 Å². The SMILES string of the molecule is O=C(O)c1ccc(-c2nn(C(=O)c3c(Cl)cccc3C3(C(F)(F)F)CC3)c3c2CCOC3)c(F)c1. The highest BCUT2D eigenvalue weighted by Gasteiger charge is 2.65. The van der Waals surface area contributed by atoms with Gasteiger partial charge in [0, 0.05) is 11.1 Å². The summed E-state index contributed by atoms with van der Waals surface area (Å²) in [6, 6.07) is 7.25. The highest BCUT2D eigenvalue weighted by molar-refractivity contribution is 6.34. The number of hydrogen-bond donors (Lipinski definition) is 1. The van der Waals surface area contributed by atoms with Gasteiger partial charge < -0.3 is 9.84 Å². The number of fused-ring (bicyclic) bond motifs is 1. The minimum atomic E-state index is -4.57. The molecule has 1 aliphatic carbocycles. The Hall–Kier alpha value is -3.24. The number of aromatic nitrogens is 2. The Morgan fingerprint density at radius 2 is 1.91 bits per heavy atom.